The van der Waals surface area contributed by atoms with Crippen molar-refractivity contribution in [3.63, 3.8) is 0 Å². The third-order valence-electron chi connectivity index (χ3n) is 4.11. The number of rotatable bonds is 5. The Labute approximate surface area is 146 Å². The number of amides is 2. The Morgan fingerprint density at radius 1 is 1.20 bits per heavy atom. The molecule has 0 N–H and O–H groups in total. The van der Waals surface area contributed by atoms with E-state index in [1.54, 1.807) is 12.1 Å². The van der Waals surface area contributed by atoms with Gasteiger partial charge in [0.1, 0.15) is 5.75 Å². The number of hydrogen-bond acceptors (Lipinski definition) is 6. The van der Waals surface area contributed by atoms with Crippen molar-refractivity contribution in [3.05, 3.63) is 24.3 Å². The number of sulfonamides is 1. The molecule has 0 radical (unpaired) electrons. The highest BCUT2D eigenvalue weighted by molar-refractivity contribution is 7.89. The first-order valence-electron chi connectivity index (χ1n) is 8.04. The zero-order valence-electron chi connectivity index (χ0n) is 14.0. The first kappa shape index (κ1) is 17.7. The normalized spacial score (nSPS) is 21.9. The first-order chi connectivity index (χ1) is 11.8. The van der Waals surface area contributed by atoms with Crippen LogP contribution in [0.5, 0.6) is 5.75 Å². The fourth-order valence-corrected chi connectivity index (χ4v) is 4.46. The van der Waals surface area contributed by atoms with E-state index in [1.807, 2.05) is 13.8 Å². The van der Waals surface area contributed by atoms with Crippen molar-refractivity contribution in [2.45, 2.75) is 37.3 Å². The largest absolute Gasteiger partial charge is 0.491 e. The molecule has 0 bridgehead atoms. The second-order valence-electron chi connectivity index (χ2n) is 6.26. The maximum absolute atomic E-state index is 12.8. The molecule has 2 heterocycles. The van der Waals surface area contributed by atoms with Crippen LogP contribution in [0.3, 0.4) is 0 Å². The van der Waals surface area contributed by atoms with Crippen molar-refractivity contribution in [1.29, 1.82) is 0 Å². The van der Waals surface area contributed by atoms with E-state index in [-0.39, 0.29) is 30.7 Å². The maximum atomic E-state index is 12.8. The molecule has 0 aromatic heterocycles. The minimum atomic E-state index is -3.69. The zero-order chi connectivity index (χ0) is 18.2. The Kier molecular flexibility index (Phi) is 4.70. The van der Waals surface area contributed by atoms with Gasteiger partial charge in [0.25, 0.3) is 5.91 Å². The van der Waals surface area contributed by atoms with Gasteiger partial charge in [0.05, 0.1) is 17.0 Å². The average molecular weight is 368 g/mol. The van der Waals surface area contributed by atoms with Crippen molar-refractivity contribution in [1.82, 2.24) is 9.21 Å². The topological polar surface area (TPSA) is 93.2 Å². The molecule has 2 fully saturated rings. The van der Waals surface area contributed by atoms with Crippen LogP contribution in [0.1, 0.15) is 20.3 Å². The van der Waals surface area contributed by atoms with Gasteiger partial charge < -0.3 is 9.47 Å². The fraction of sp³-hybridized carbons (Fsp3) is 0.500. The van der Waals surface area contributed by atoms with E-state index in [0.29, 0.717) is 12.2 Å². The number of benzene rings is 1. The number of hydrogen-bond donors (Lipinski definition) is 0. The summed E-state index contributed by atoms with van der Waals surface area (Å²) in [5, 5.41) is 0. The molecule has 3 rings (SSSR count). The van der Waals surface area contributed by atoms with Gasteiger partial charge in [-0.25, -0.2) is 18.1 Å². The van der Waals surface area contributed by atoms with E-state index in [1.165, 1.54) is 16.4 Å². The summed E-state index contributed by atoms with van der Waals surface area (Å²) in [6.07, 6.45) is -0.307. The number of carbonyl (C=O) groups is 2. The first-order valence-corrected chi connectivity index (χ1v) is 9.48. The van der Waals surface area contributed by atoms with E-state index >= 15 is 0 Å². The number of nitrogens with zero attached hydrogens (tertiary/aromatic N) is 2. The standard InChI is InChI=1S/C16H20N2O6S/c1-11(2)24-13-3-5-14(6-4-13)25(21,22)17-8-7-12(9-17)18-15(19)10-23-16(18)20/h3-6,11-12H,7-10H2,1-2H3. The van der Waals surface area contributed by atoms with E-state index in [9.17, 15) is 18.0 Å². The second kappa shape index (κ2) is 6.64. The van der Waals surface area contributed by atoms with E-state index in [2.05, 4.69) is 0 Å². The third-order valence-corrected chi connectivity index (χ3v) is 5.99. The van der Waals surface area contributed by atoms with Crippen LogP contribution < -0.4 is 4.74 Å². The summed E-state index contributed by atoms with van der Waals surface area (Å²) in [5.74, 6) is 0.170. The van der Waals surface area contributed by atoms with Gasteiger partial charge in [-0.2, -0.15) is 4.31 Å². The highest BCUT2D eigenvalue weighted by atomic mass is 32.2. The molecule has 2 saturated heterocycles. The van der Waals surface area contributed by atoms with Crippen molar-refractivity contribution in [2.24, 2.45) is 0 Å². The lowest BCUT2D eigenvalue weighted by molar-refractivity contribution is -0.127. The van der Waals surface area contributed by atoms with Gasteiger partial charge in [-0.15, -0.1) is 0 Å². The SMILES string of the molecule is CC(C)Oc1ccc(S(=O)(=O)N2CCC(N3C(=O)COC3=O)C2)cc1. The van der Waals surface area contributed by atoms with Crippen molar-refractivity contribution < 1.29 is 27.5 Å². The van der Waals surface area contributed by atoms with Gasteiger partial charge in [-0.3, -0.25) is 4.79 Å². The van der Waals surface area contributed by atoms with Gasteiger partial charge in [-0.1, -0.05) is 0 Å². The van der Waals surface area contributed by atoms with Gasteiger partial charge in [0.2, 0.25) is 10.0 Å². The van der Waals surface area contributed by atoms with Gasteiger partial charge in [0, 0.05) is 13.1 Å². The molecule has 0 aliphatic carbocycles. The minimum absolute atomic E-state index is 0.000415. The van der Waals surface area contributed by atoms with E-state index in [4.69, 9.17) is 9.47 Å². The predicted octanol–water partition coefficient (Wildman–Crippen LogP) is 1.22. The second-order valence-corrected chi connectivity index (χ2v) is 8.20. The van der Waals surface area contributed by atoms with Crippen LogP contribution in [0.2, 0.25) is 0 Å². The summed E-state index contributed by atoms with van der Waals surface area (Å²) >= 11 is 0. The lowest BCUT2D eigenvalue weighted by atomic mass is 10.2. The maximum Gasteiger partial charge on any atom is 0.417 e. The Hall–Kier alpha value is -2.13. The van der Waals surface area contributed by atoms with Crippen LogP contribution in [0, 0.1) is 0 Å². The zero-order valence-corrected chi connectivity index (χ0v) is 14.9. The van der Waals surface area contributed by atoms with Gasteiger partial charge in [0.15, 0.2) is 6.61 Å². The highest BCUT2D eigenvalue weighted by Crippen LogP contribution is 2.26. The molecule has 2 amide bonds. The lowest BCUT2D eigenvalue weighted by Gasteiger charge is -2.20. The molecule has 8 nitrogen and oxygen atoms in total. The summed E-state index contributed by atoms with van der Waals surface area (Å²) in [4.78, 5) is 24.5. The summed E-state index contributed by atoms with van der Waals surface area (Å²) in [6, 6.07) is 5.73. The molecule has 1 aromatic carbocycles. The highest BCUT2D eigenvalue weighted by Gasteiger charge is 2.43. The summed E-state index contributed by atoms with van der Waals surface area (Å²) in [6.45, 7) is 3.82. The van der Waals surface area contributed by atoms with Crippen molar-refractivity contribution >= 4 is 22.0 Å². The monoisotopic (exact) mass is 368 g/mol. The number of ether oxygens (including phenoxy) is 2. The van der Waals surface area contributed by atoms with Crippen LogP contribution in [-0.4, -0.2) is 61.5 Å². The summed E-state index contributed by atoms with van der Waals surface area (Å²) in [7, 11) is -3.69. The molecule has 2 aliphatic rings. The molecular weight excluding hydrogens is 348 g/mol. The van der Waals surface area contributed by atoms with Crippen LogP contribution in [0.15, 0.2) is 29.2 Å². The smallest absolute Gasteiger partial charge is 0.417 e. The quantitative estimate of drug-likeness (QED) is 0.776. The molecule has 1 atom stereocenters. The molecule has 25 heavy (non-hydrogen) atoms. The Bertz CT molecular complexity index is 758. The van der Waals surface area contributed by atoms with Crippen LogP contribution in [-0.2, 0) is 19.6 Å². The molecular formula is C16H20N2O6S. The van der Waals surface area contributed by atoms with Crippen molar-refractivity contribution in [3.8, 4) is 5.75 Å². The Morgan fingerprint density at radius 2 is 1.88 bits per heavy atom. The van der Waals surface area contributed by atoms with E-state index < -0.39 is 28.1 Å². The Balaban J connectivity index is 1.73. The van der Waals surface area contributed by atoms with Gasteiger partial charge >= 0.3 is 6.09 Å². The molecule has 9 heteroatoms. The molecule has 136 valence electrons. The van der Waals surface area contributed by atoms with Crippen LogP contribution in [0.25, 0.3) is 0 Å². The fourth-order valence-electron chi connectivity index (χ4n) is 2.97. The third kappa shape index (κ3) is 3.47. The van der Waals surface area contributed by atoms with Crippen molar-refractivity contribution in [2.75, 3.05) is 19.7 Å². The van der Waals surface area contributed by atoms with E-state index in [0.717, 1.165) is 4.90 Å². The molecule has 0 saturated carbocycles. The summed E-state index contributed by atoms with van der Waals surface area (Å²) < 4.78 is 37.0. The van der Waals surface area contributed by atoms with Gasteiger partial charge in [-0.05, 0) is 44.5 Å². The number of imide groups is 1. The molecule has 1 unspecified atom stereocenters. The molecule has 2 aliphatic heterocycles. The van der Waals surface area contributed by atoms with Crippen LogP contribution in [0.4, 0.5) is 4.79 Å². The minimum Gasteiger partial charge on any atom is -0.491 e. The summed E-state index contributed by atoms with van der Waals surface area (Å²) in [5.41, 5.74) is 0. The molecule has 1 aromatic rings. The lowest BCUT2D eigenvalue weighted by Crippen LogP contribution is -2.42. The predicted molar refractivity (Wildman–Crippen MR) is 87.6 cm³/mol. The molecule has 0 spiro atoms. The average Bonchev–Trinajstić information content (AvgIpc) is 3.14. The number of carbonyl (C=O) groups excluding carboxylic acids is 2. The Morgan fingerprint density at radius 3 is 2.44 bits per heavy atom. The number of cyclic esters (lactones) is 1. The van der Waals surface area contributed by atoms with Crippen LogP contribution >= 0.6 is 0 Å².